The number of anilines is 1. The lowest BCUT2D eigenvalue weighted by atomic mass is 10.2. The number of fused-ring (bicyclic) bond motifs is 1. The number of aromatic amines is 1. The number of carbonyl (C=O) groups is 2. The molecule has 7 heteroatoms. The topological polar surface area (TPSA) is 75.6 Å². The van der Waals surface area contributed by atoms with Gasteiger partial charge in [-0.25, -0.2) is 4.79 Å². The highest BCUT2D eigenvalue weighted by molar-refractivity contribution is 9.10. The molecule has 1 aliphatic heterocycles. The predicted molar refractivity (Wildman–Crippen MR) is 100.0 cm³/mol. The third kappa shape index (κ3) is 4.22. The van der Waals surface area contributed by atoms with E-state index in [0.29, 0.717) is 12.1 Å². The minimum absolute atomic E-state index is 0.0779. The first-order valence-electron chi connectivity index (χ1n) is 8.70. The molecule has 25 heavy (non-hydrogen) atoms. The second-order valence-corrected chi connectivity index (χ2v) is 7.21. The molecule has 1 fully saturated rings. The fourth-order valence-corrected chi connectivity index (χ4v) is 3.63. The van der Waals surface area contributed by atoms with Gasteiger partial charge in [-0.1, -0.05) is 15.9 Å². The average molecular weight is 409 g/mol. The molecule has 0 saturated carbocycles. The Morgan fingerprint density at radius 3 is 2.80 bits per heavy atom. The summed E-state index contributed by atoms with van der Waals surface area (Å²) in [4.78, 5) is 29.2. The zero-order chi connectivity index (χ0) is 17.8. The van der Waals surface area contributed by atoms with Gasteiger partial charge in [-0.05, 0) is 25.1 Å². The van der Waals surface area contributed by atoms with Gasteiger partial charge in [0.05, 0.1) is 38.3 Å². The number of aromatic nitrogens is 1. The lowest BCUT2D eigenvalue weighted by molar-refractivity contribution is -0.886. The first kappa shape index (κ1) is 17.9. The van der Waals surface area contributed by atoms with Gasteiger partial charge in [0, 0.05) is 28.2 Å². The summed E-state index contributed by atoms with van der Waals surface area (Å²) in [5, 5.41) is 3.71. The fourth-order valence-electron chi connectivity index (χ4n) is 3.27. The number of hydrogen-bond donors (Lipinski definition) is 3. The second kappa shape index (κ2) is 8.01. The maximum absolute atomic E-state index is 12.4. The number of esters is 1. The molecule has 2 aromatic rings. The molecular weight excluding hydrogens is 386 g/mol. The molecule has 1 aromatic carbocycles. The maximum Gasteiger partial charge on any atom is 0.356 e. The van der Waals surface area contributed by atoms with Crippen molar-refractivity contribution in [3.8, 4) is 0 Å². The second-order valence-electron chi connectivity index (χ2n) is 6.29. The predicted octanol–water partition coefficient (Wildman–Crippen LogP) is 2.11. The summed E-state index contributed by atoms with van der Waals surface area (Å²) in [6.07, 6.45) is 2.92. The number of quaternary nitrogens is 1. The molecule has 3 N–H and O–H groups in total. The number of hydrogen-bond acceptors (Lipinski definition) is 3. The Morgan fingerprint density at radius 1 is 1.32 bits per heavy atom. The standard InChI is InChI=1S/C18H22BrN3O3/c1-2-25-18(24)17-16(13-11-12(19)5-6-14(13)20-17)21-15(23)7-10-22-8-3-4-9-22/h5-6,11,20H,2-4,7-10H2,1H3,(H,21,23)/p+1. The normalized spacial score (nSPS) is 14.8. The first-order valence-corrected chi connectivity index (χ1v) is 9.49. The minimum Gasteiger partial charge on any atom is -0.461 e. The van der Waals surface area contributed by atoms with Gasteiger partial charge in [-0.2, -0.15) is 0 Å². The molecule has 6 nitrogen and oxygen atoms in total. The van der Waals surface area contributed by atoms with E-state index in [0.717, 1.165) is 35.0 Å². The van der Waals surface area contributed by atoms with Crippen LogP contribution in [0, 0.1) is 0 Å². The van der Waals surface area contributed by atoms with Crippen LogP contribution in [0.4, 0.5) is 5.69 Å². The van der Waals surface area contributed by atoms with Crippen LogP contribution in [0.15, 0.2) is 22.7 Å². The van der Waals surface area contributed by atoms with Crippen LogP contribution >= 0.6 is 15.9 Å². The summed E-state index contributed by atoms with van der Waals surface area (Å²) in [5.41, 5.74) is 1.57. The zero-order valence-electron chi connectivity index (χ0n) is 14.3. The quantitative estimate of drug-likeness (QED) is 0.640. The Kier molecular flexibility index (Phi) is 5.75. The van der Waals surface area contributed by atoms with E-state index in [1.54, 1.807) is 6.92 Å². The fraction of sp³-hybridized carbons (Fsp3) is 0.444. The number of halogens is 1. The Morgan fingerprint density at radius 2 is 2.08 bits per heavy atom. The van der Waals surface area contributed by atoms with Gasteiger partial charge < -0.3 is 19.9 Å². The van der Waals surface area contributed by atoms with Crippen LogP contribution in [0.25, 0.3) is 10.9 Å². The third-order valence-corrected chi connectivity index (χ3v) is 5.01. The SMILES string of the molecule is CCOC(=O)c1[nH]c2ccc(Br)cc2c1NC(=O)CC[NH+]1CCCC1. The van der Waals surface area contributed by atoms with Crippen molar-refractivity contribution in [1.82, 2.24) is 4.98 Å². The van der Waals surface area contributed by atoms with Crippen LogP contribution in [0.5, 0.6) is 0 Å². The molecule has 0 aliphatic carbocycles. The van der Waals surface area contributed by atoms with E-state index in [1.165, 1.54) is 17.7 Å². The van der Waals surface area contributed by atoms with Crippen molar-refractivity contribution < 1.29 is 19.2 Å². The van der Waals surface area contributed by atoms with Crippen molar-refractivity contribution >= 4 is 44.4 Å². The average Bonchev–Trinajstić information content (AvgIpc) is 3.21. The summed E-state index contributed by atoms with van der Waals surface area (Å²) in [5.74, 6) is -0.541. The summed E-state index contributed by atoms with van der Waals surface area (Å²) >= 11 is 3.44. The molecule has 1 saturated heterocycles. The maximum atomic E-state index is 12.4. The molecule has 0 spiro atoms. The Labute approximate surface area is 155 Å². The molecule has 134 valence electrons. The summed E-state index contributed by atoms with van der Waals surface area (Å²) in [7, 11) is 0. The molecule has 0 unspecified atom stereocenters. The zero-order valence-corrected chi connectivity index (χ0v) is 15.9. The van der Waals surface area contributed by atoms with Crippen LogP contribution in [0.1, 0.15) is 36.7 Å². The smallest absolute Gasteiger partial charge is 0.356 e. The highest BCUT2D eigenvalue weighted by atomic mass is 79.9. The number of H-pyrrole nitrogens is 1. The highest BCUT2D eigenvalue weighted by Crippen LogP contribution is 2.31. The van der Waals surface area contributed by atoms with Gasteiger partial charge in [0.2, 0.25) is 5.91 Å². The monoisotopic (exact) mass is 408 g/mol. The van der Waals surface area contributed by atoms with Crippen molar-refractivity contribution in [2.45, 2.75) is 26.2 Å². The number of nitrogens with one attached hydrogen (secondary N) is 3. The molecule has 3 rings (SSSR count). The Hall–Kier alpha value is -1.86. The molecule has 2 heterocycles. The van der Waals surface area contributed by atoms with Gasteiger partial charge in [0.1, 0.15) is 5.69 Å². The number of benzene rings is 1. The molecule has 0 atom stereocenters. The summed E-state index contributed by atoms with van der Waals surface area (Å²) in [6.45, 7) is 5.15. The van der Waals surface area contributed by atoms with Crippen LogP contribution in [0.2, 0.25) is 0 Å². The number of rotatable bonds is 6. The van der Waals surface area contributed by atoms with E-state index in [-0.39, 0.29) is 18.2 Å². The minimum atomic E-state index is -0.463. The Bertz CT molecular complexity index is 781. The van der Waals surface area contributed by atoms with Crippen LogP contribution < -0.4 is 10.2 Å². The van der Waals surface area contributed by atoms with Crippen LogP contribution in [0.3, 0.4) is 0 Å². The largest absolute Gasteiger partial charge is 0.461 e. The number of ether oxygens (including phenoxy) is 1. The number of amides is 1. The van der Waals surface area contributed by atoms with Crippen LogP contribution in [-0.2, 0) is 9.53 Å². The lowest BCUT2D eigenvalue weighted by Gasteiger charge is -2.12. The van der Waals surface area contributed by atoms with Gasteiger partial charge in [-0.3, -0.25) is 4.79 Å². The van der Waals surface area contributed by atoms with Gasteiger partial charge >= 0.3 is 5.97 Å². The van der Waals surface area contributed by atoms with Gasteiger partial charge in [0.15, 0.2) is 0 Å². The summed E-state index contributed by atoms with van der Waals surface area (Å²) < 4.78 is 5.99. The third-order valence-electron chi connectivity index (χ3n) is 4.52. The number of carbonyl (C=O) groups excluding carboxylic acids is 2. The van der Waals surface area contributed by atoms with E-state index in [1.807, 2.05) is 18.2 Å². The molecule has 1 aliphatic rings. The van der Waals surface area contributed by atoms with E-state index in [9.17, 15) is 9.59 Å². The van der Waals surface area contributed by atoms with Crippen molar-refractivity contribution in [1.29, 1.82) is 0 Å². The lowest BCUT2D eigenvalue weighted by Crippen LogP contribution is -3.10. The molecule has 0 radical (unpaired) electrons. The molecule has 1 amide bonds. The van der Waals surface area contributed by atoms with Gasteiger partial charge in [-0.15, -0.1) is 0 Å². The van der Waals surface area contributed by atoms with Crippen molar-refractivity contribution in [3.63, 3.8) is 0 Å². The van der Waals surface area contributed by atoms with E-state index < -0.39 is 5.97 Å². The van der Waals surface area contributed by atoms with Crippen molar-refractivity contribution in [3.05, 3.63) is 28.4 Å². The molecular formula is C18H23BrN3O3+. The Balaban J connectivity index is 1.81. The highest BCUT2D eigenvalue weighted by Gasteiger charge is 2.22. The van der Waals surface area contributed by atoms with E-state index in [2.05, 4.69) is 26.2 Å². The van der Waals surface area contributed by atoms with Crippen molar-refractivity contribution in [2.75, 3.05) is 31.6 Å². The summed E-state index contributed by atoms with van der Waals surface area (Å²) in [6, 6.07) is 5.64. The van der Waals surface area contributed by atoms with E-state index >= 15 is 0 Å². The molecule has 1 aromatic heterocycles. The molecule has 0 bridgehead atoms. The van der Waals surface area contributed by atoms with E-state index in [4.69, 9.17) is 4.74 Å². The first-order chi connectivity index (χ1) is 12.1. The number of likely N-dealkylation sites (tertiary alicyclic amines) is 1. The van der Waals surface area contributed by atoms with Crippen molar-refractivity contribution in [2.24, 2.45) is 0 Å². The van der Waals surface area contributed by atoms with Crippen LogP contribution in [-0.4, -0.2) is 43.1 Å². The van der Waals surface area contributed by atoms with Gasteiger partial charge in [0.25, 0.3) is 0 Å².